The molecule has 2 aromatic rings. The van der Waals surface area contributed by atoms with E-state index in [1.54, 1.807) is 20.5 Å². The van der Waals surface area contributed by atoms with Gasteiger partial charge in [-0.1, -0.05) is 0 Å². The Morgan fingerprint density at radius 3 is 2.54 bits per heavy atom. The molecule has 3 N–H and O–H groups in total. The maximum Gasteiger partial charge on any atom is 0.191 e. The molecule has 0 saturated heterocycles. The van der Waals surface area contributed by atoms with E-state index in [1.807, 2.05) is 43.3 Å². The minimum Gasteiger partial charge on any atom is -0.493 e. The predicted octanol–water partition coefficient (Wildman–Crippen LogP) is 1.89. The fraction of sp³-hybridized carbons (Fsp3) is 0.353. The molecule has 1 aliphatic rings. The lowest BCUT2D eigenvalue weighted by molar-refractivity contribution is 0.354. The van der Waals surface area contributed by atoms with Crippen molar-refractivity contribution in [1.29, 1.82) is 0 Å². The Morgan fingerprint density at radius 1 is 1.25 bits per heavy atom. The first-order valence-electron chi connectivity index (χ1n) is 7.59. The van der Waals surface area contributed by atoms with Crippen LogP contribution in [0.4, 0.5) is 5.69 Å². The predicted molar refractivity (Wildman–Crippen MR) is 92.7 cm³/mol. The Morgan fingerprint density at radius 2 is 1.96 bits per heavy atom. The standard InChI is InChI=1S/C17H22N4O3/c1-21(2)16-12-8-14(22-3)15(23-4)9-13(12)19-17(18,20-16)10-11-6-5-7-24-11/h5-9,19H,10,18H2,1-4H3. The van der Waals surface area contributed by atoms with Gasteiger partial charge in [0.25, 0.3) is 0 Å². The van der Waals surface area contributed by atoms with Crippen molar-refractivity contribution >= 4 is 11.5 Å². The van der Waals surface area contributed by atoms with Gasteiger partial charge in [0, 0.05) is 25.7 Å². The Kier molecular flexibility index (Phi) is 4.11. The van der Waals surface area contributed by atoms with Crippen LogP contribution in [0.25, 0.3) is 0 Å². The Balaban J connectivity index is 2.07. The highest BCUT2D eigenvalue weighted by atomic mass is 16.5. The van der Waals surface area contributed by atoms with Crippen LogP contribution in [0.15, 0.2) is 39.9 Å². The zero-order valence-electron chi connectivity index (χ0n) is 14.3. The molecule has 0 aliphatic carbocycles. The molecule has 7 nitrogen and oxygen atoms in total. The summed E-state index contributed by atoms with van der Waals surface area (Å²) in [4.78, 5) is 6.64. The number of hydrogen-bond acceptors (Lipinski definition) is 7. The number of fused-ring (bicyclic) bond motifs is 1. The van der Waals surface area contributed by atoms with Crippen LogP contribution in [0.2, 0.25) is 0 Å². The fourth-order valence-corrected chi connectivity index (χ4v) is 2.78. The van der Waals surface area contributed by atoms with E-state index >= 15 is 0 Å². The number of amidine groups is 1. The number of methoxy groups -OCH3 is 2. The SMILES string of the molecule is COc1cc2c(cc1OC)C(N(C)C)=NC(N)(Cc1ccco1)N2. The summed E-state index contributed by atoms with van der Waals surface area (Å²) in [5, 5.41) is 3.29. The monoisotopic (exact) mass is 330 g/mol. The number of anilines is 1. The van der Waals surface area contributed by atoms with Crippen molar-refractivity contribution in [3.8, 4) is 11.5 Å². The summed E-state index contributed by atoms with van der Waals surface area (Å²) in [7, 11) is 7.07. The number of nitrogens with one attached hydrogen (secondary N) is 1. The molecule has 24 heavy (non-hydrogen) atoms. The molecule has 1 unspecified atom stereocenters. The number of rotatable bonds is 4. The van der Waals surface area contributed by atoms with Crippen LogP contribution in [-0.2, 0) is 6.42 Å². The first-order chi connectivity index (χ1) is 11.5. The lowest BCUT2D eigenvalue weighted by Crippen LogP contribution is -2.52. The van der Waals surface area contributed by atoms with E-state index < -0.39 is 5.79 Å². The molecular weight excluding hydrogens is 308 g/mol. The number of nitrogens with zero attached hydrogens (tertiary/aromatic N) is 2. The molecule has 0 amide bonds. The van der Waals surface area contributed by atoms with E-state index in [2.05, 4.69) is 5.32 Å². The number of hydrogen-bond donors (Lipinski definition) is 2. The highest BCUT2D eigenvalue weighted by molar-refractivity contribution is 6.05. The fourth-order valence-electron chi connectivity index (χ4n) is 2.78. The molecule has 1 atom stereocenters. The molecule has 2 heterocycles. The molecule has 0 spiro atoms. The smallest absolute Gasteiger partial charge is 0.191 e. The number of benzene rings is 1. The summed E-state index contributed by atoms with van der Waals surface area (Å²) in [6.07, 6.45) is 2.05. The van der Waals surface area contributed by atoms with Crippen LogP contribution in [0.3, 0.4) is 0 Å². The van der Waals surface area contributed by atoms with Crippen molar-refractivity contribution in [2.24, 2.45) is 10.7 Å². The van der Waals surface area contributed by atoms with Crippen LogP contribution < -0.4 is 20.5 Å². The second-order valence-corrected chi connectivity index (χ2v) is 5.89. The Labute approximate surface area is 141 Å². The summed E-state index contributed by atoms with van der Waals surface area (Å²) in [6, 6.07) is 7.48. The number of furan rings is 1. The quantitative estimate of drug-likeness (QED) is 0.890. The lowest BCUT2D eigenvalue weighted by atomic mass is 10.0. The zero-order chi connectivity index (χ0) is 17.3. The molecule has 0 fully saturated rings. The molecule has 1 aliphatic heterocycles. The third-order valence-electron chi connectivity index (χ3n) is 3.87. The van der Waals surface area contributed by atoms with Crippen molar-refractivity contribution in [3.63, 3.8) is 0 Å². The molecule has 0 saturated carbocycles. The van der Waals surface area contributed by atoms with E-state index in [0.717, 1.165) is 22.8 Å². The molecule has 1 aromatic heterocycles. The van der Waals surface area contributed by atoms with Crippen LogP contribution in [0, 0.1) is 0 Å². The third kappa shape index (κ3) is 2.90. The van der Waals surface area contributed by atoms with Gasteiger partial charge >= 0.3 is 0 Å². The van der Waals surface area contributed by atoms with Crippen LogP contribution in [-0.4, -0.2) is 44.8 Å². The second kappa shape index (κ2) is 6.09. The normalized spacial score (nSPS) is 19.1. The van der Waals surface area contributed by atoms with E-state index in [9.17, 15) is 0 Å². The Bertz CT molecular complexity index is 755. The number of aliphatic imine (C=N–C) groups is 1. The van der Waals surface area contributed by atoms with Gasteiger partial charge in [0.15, 0.2) is 17.3 Å². The summed E-state index contributed by atoms with van der Waals surface area (Å²) in [5.41, 5.74) is 8.23. The largest absolute Gasteiger partial charge is 0.493 e. The van der Waals surface area contributed by atoms with E-state index in [1.165, 1.54) is 0 Å². The Hall–Kier alpha value is -2.67. The highest BCUT2D eigenvalue weighted by Gasteiger charge is 2.34. The highest BCUT2D eigenvalue weighted by Crippen LogP contribution is 2.37. The topological polar surface area (TPSA) is 85.2 Å². The van der Waals surface area contributed by atoms with Crippen LogP contribution in [0.5, 0.6) is 11.5 Å². The summed E-state index contributed by atoms with van der Waals surface area (Å²) in [5.74, 6) is 1.78. The van der Waals surface area contributed by atoms with Gasteiger partial charge < -0.3 is 24.1 Å². The molecule has 1 aromatic carbocycles. The van der Waals surface area contributed by atoms with Crippen molar-refractivity contribution < 1.29 is 13.9 Å². The van der Waals surface area contributed by atoms with E-state index in [0.29, 0.717) is 17.9 Å². The van der Waals surface area contributed by atoms with Crippen LogP contribution in [0.1, 0.15) is 11.3 Å². The average Bonchev–Trinajstić information content (AvgIpc) is 3.04. The summed E-state index contributed by atoms with van der Waals surface area (Å²) < 4.78 is 16.2. The number of nitrogens with two attached hydrogens (primary N) is 1. The minimum atomic E-state index is -1.01. The molecule has 7 heteroatoms. The van der Waals surface area contributed by atoms with Gasteiger partial charge in [-0.25, -0.2) is 4.99 Å². The zero-order valence-corrected chi connectivity index (χ0v) is 14.3. The third-order valence-corrected chi connectivity index (χ3v) is 3.87. The van der Waals surface area contributed by atoms with Gasteiger partial charge in [0.1, 0.15) is 11.6 Å². The average molecular weight is 330 g/mol. The molecule has 0 bridgehead atoms. The van der Waals surface area contributed by atoms with Crippen molar-refractivity contribution in [2.45, 2.75) is 12.2 Å². The van der Waals surface area contributed by atoms with Gasteiger partial charge in [-0.05, 0) is 18.2 Å². The van der Waals surface area contributed by atoms with E-state index in [4.69, 9.17) is 24.6 Å². The van der Waals surface area contributed by atoms with Crippen molar-refractivity contribution in [3.05, 3.63) is 41.9 Å². The number of ether oxygens (including phenoxy) is 2. The van der Waals surface area contributed by atoms with Gasteiger partial charge in [0.05, 0.1) is 32.6 Å². The van der Waals surface area contributed by atoms with Gasteiger partial charge in [-0.3, -0.25) is 5.73 Å². The van der Waals surface area contributed by atoms with Crippen molar-refractivity contribution in [1.82, 2.24) is 4.90 Å². The molecular formula is C17H22N4O3. The van der Waals surface area contributed by atoms with Crippen molar-refractivity contribution in [2.75, 3.05) is 33.6 Å². The van der Waals surface area contributed by atoms with Gasteiger partial charge in [-0.15, -0.1) is 0 Å². The lowest BCUT2D eigenvalue weighted by Gasteiger charge is -2.35. The molecule has 0 radical (unpaired) electrons. The first-order valence-corrected chi connectivity index (χ1v) is 7.59. The molecule has 3 rings (SSSR count). The molecule has 128 valence electrons. The summed E-state index contributed by atoms with van der Waals surface area (Å²) in [6.45, 7) is 0. The second-order valence-electron chi connectivity index (χ2n) is 5.89. The van der Waals surface area contributed by atoms with Gasteiger partial charge in [-0.2, -0.15) is 0 Å². The summed E-state index contributed by atoms with van der Waals surface area (Å²) >= 11 is 0. The maximum atomic E-state index is 6.50. The first kappa shape index (κ1) is 16.2. The van der Waals surface area contributed by atoms with Crippen LogP contribution >= 0.6 is 0 Å². The minimum absolute atomic E-state index is 0.422. The maximum absolute atomic E-state index is 6.50. The van der Waals surface area contributed by atoms with E-state index in [-0.39, 0.29) is 0 Å². The van der Waals surface area contributed by atoms with Gasteiger partial charge in [0.2, 0.25) is 0 Å².